The molecule has 1 fully saturated rings. The predicted octanol–water partition coefficient (Wildman–Crippen LogP) is 2.54. The summed E-state index contributed by atoms with van der Waals surface area (Å²) >= 11 is 0. The van der Waals surface area contributed by atoms with E-state index in [1.54, 1.807) is 0 Å². The molecule has 0 aromatic heterocycles. The van der Waals surface area contributed by atoms with Gasteiger partial charge in [0.25, 0.3) is 0 Å². The second-order valence-electron chi connectivity index (χ2n) is 4.27. The molecule has 16 heavy (non-hydrogen) atoms. The maximum absolute atomic E-state index is 12.1. The van der Waals surface area contributed by atoms with Crippen molar-refractivity contribution < 1.29 is 4.39 Å². The fourth-order valence-electron chi connectivity index (χ4n) is 2.25. The Morgan fingerprint density at radius 1 is 1.31 bits per heavy atom. The molecule has 0 saturated carbocycles. The van der Waals surface area contributed by atoms with Crippen LogP contribution in [0.15, 0.2) is 24.3 Å². The van der Waals surface area contributed by atoms with Gasteiger partial charge < -0.3 is 10.6 Å². The molecular formula is C13H19FN2. The van der Waals surface area contributed by atoms with Gasteiger partial charge in [0.15, 0.2) is 0 Å². The van der Waals surface area contributed by atoms with Gasteiger partial charge in [-0.05, 0) is 49.5 Å². The maximum atomic E-state index is 12.1. The second-order valence-corrected chi connectivity index (χ2v) is 4.27. The summed E-state index contributed by atoms with van der Waals surface area (Å²) in [5.41, 5.74) is 2.42. The minimum Gasteiger partial charge on any atom is -0.382 e. The van der Waals surface area contributed by atoms with Crippen molar-refractivity contribution in [1.29, 1.82) is 0 Å². The lowest BCUT2D eigenvalue weighted by molar-refractivity contribution is 0.460. The molecule has 0 aliphatic carbocycles. The van der Waals surface area contributed by atoms with Gasteiger partial charge in [-0.25, -0.2) is 4.39 Å². The lowest BCUT2D eigenvalue weighted by atomic mass is 9.90. The van der Waals surface area contributed by atoms with Crippen molar-refractivity contribution in [2.24, 2.45) is 0 Å². The lowest BCUT2D eigenvalue weighted by Gasteiger charge is -2.23. The molecule has 1 heterocycles. The third-order valence-corrected chi connectivity index (χ3v) is 3.12. The molecule has 0 unspecified atom stereocenters. The van der Waals surface area contributed by atoms with Crippen molar-refractivity contribution in [2.45, 2.75) is 18.8 Å². The summed E-state index contributed by atoms with van der Waals surface area (Å²) in [5.74, 6) is 0.661. The fraction of sp³-hybridized carbons (Fsp3) is 0.538. The smallest absolute Gasteiger partial charge is 0.107 e. The van der Waals surface area contributed by atoms with E-state index in [9.17, 15) is 4.39 Å². The van der Waals surface area contributed by atoms with Crippen molar-refractivity contribution in [3.8, 4) is 0 Å². The number of hydrogen-bond donors (Lipinski definition) is 2. The first kappa shape index (κ1) is 11.4. The Balaban J connectivity index is 2.02. The first-order chi connectivity index (χ1) is 7.90. The van der Waals surface area contributed by atoms with E-state index in [0.717, 1.165) is 18.8 Å². The average Bonchev–Trinajstić information content (AvgIpc) is 2.38. The monoisotopic (exact) mass is 222 g/mol. The van der Waals surface area contributed by atoms with Gasteiger partial charge in [-0.2, -0.15) is 0 Å². The number of piperidine rings is 1. The summed E-state index contributed by atoms with van der Waals surface area (Å²) in [4.78, 5) is 0. The molecule has 88 valence electrons. The minimum absolute atomic E-state index is 0.322. The zero-order valence-corrected chi connectivity index (χ0v) is 9.51. The van der Waals surface area contributed by atoms with Crippen molar-refractivity contribution in [3.63, 3.8) is 0 Å². The SMILES string of the molecule is FCCNc1cccc(C2CCNCC2)c1. The standard InChI is InChI=1S/C13H19FN2/c14-6-9-16-13-3-1-2-12(10-13)11-4-7-15-8-5-11/h1-3,10-11,15-16H,4-9H2. The number of halogens is 1. The highest BCUT2D eigenvalue weighted by Crippen LogP contribution is 2.26. The molecule has 0 atom stereocenters. The van der Waals surface area contributed by atoms with E-state index in [1.807, 2.05) is 6.07 Å². The van der Waals surface area contributed by atoms with Crippen LogP contribution in [0.2, 0.25) is 0 Å². The lowest BCUT2D eigenvalue weighted by Crippen LogP contribution is -2.26. The molecule has 0 bridgehead atoms. The quantitative estimate of drug-likeness (QED) is 0.818. The van der Waals surface area contributed by atoms with E-state index in [-0.39, 0.29) is 6.67 Å². The van der Waals surface area contributed by atoms with Gasteiger partial charge in [0.2, 0.25) is 0 Å². The highest BCUT2D eigenvalue weighted by atomic mass is 19.1. The molecule has 0 radical (unpaired) electrons. The molecule has 0 spiro atoms. The summed E-state index contributed by atoms with van der Waals surface area (Å²) < 4.78 is 12.1. The summed E-state index contributed by atoms with van der Waals surface area (Å²) in [5, 5.41) is 6.45. The van der Waals surface area contributed by atoms with Crippen molar-refractivity contribution in [3.05, 3.63) is 29.8 Å². The van der Waals surface area contributed by atoms with Gasteiger partial charge in [-0.1, -0.05) is 12.1 Å². The summed E-state index contributed by atoms with van der Waals surface area (Å²) in [6, 6.07) is 8.39. The Morgan fingerprint density at radius 3 is 2.88 bits per heavy atom. The number of anilines is 1. The summed E-state index contributed by atoms with van der Waals surface area (Å²) in [7, 11) is 0. The molecular weight excluding hydrogens is 203 g/mol. The number of alkyl halides is 1. The van der Waals surface area contributed by atoms with E-state index in [4.69, 9.17) is 0 Å². The highest BCUT2D eigenvalue weighted by molar-refractivity contribution is 5.46. The minimum atomic E-state index is -0.322. The van der Waals surface area contributed by atoms with Crippen LogP contribution >= 0.6 is 0 Å². The Bertz CT molecular complexity index is 321. The topological polar surface area (TPSA) is 24.1 Å². The van der Waals surface area contributed by atoms with Crippen molar-refractivity contribution >= 4 is 5.69 Å². The molecule has 2 nitrogen and oxygen atoms in total. The largest absolute Gasteiger partial charge is 0.382 e. The van der Waals surface area contributed by atoms with Crippen LogP contribution in [0.25, 0.3) is 0 Å². The zero-order chi connectivity index (χ0) is 11.2. The fourth-order valence-corrected chi connectivity index (χ4v) is 2.25. The summed E-state index contributed by atoms with van der Waals surface area (Å²) in [6.45, 7) is 2.28. The number of rotatable bonds is 4. The molecule has 3 heteroatoms. The third-order valence-electron chi connectivity index (χ3n) is 3.12. The van der Waals surface area contributed by atoms with Crippen LogP contribution < -0.4 is 10.6 Å². The van der Waals surface area contributed by atoms with E-state index in [2.05, 4.69) is 28.8 Å². The van der Waals surface area contributed by atoms with Crippen LogP contribution in [0.3, 0.4) is 0 Å². The highest BCUT2D eigenvalue weighted by Gasteiger charge is 2.14. The molecule has 1 aliphatic heterocycles. The van der Waals surface area contributed by atoms with Crippen LogP contribution in [-0.2, 0) is 0 Å². The first-order valence-electron chi connectivity index (χ1n) is 6.00. The summed E-state index contributed by atoms with van der Waals surface area (Å²) in [6.07, 6.45) is 2.40. The average molecular weight is 222 g/mol. The zero-order valence-electron chi connectivity index (χ0n) is 9.51. The van der Waals surface area contributed by atoms with Crippen LogP contribution in [0.1, 0.15) is 24.3 Å². The molecule has 0 amide bonds. The van der Waals surface area contributed by atoms with Crippen molar-refractivity contribution in [1.82, 2.24) is 5.32 Å². The van der Waals surface area contributed by atoms with Crippen LogP contribution in [-0.4, -0.2) is 26.3 Å². The second kappa shape index (κ2) is 5.85. The first-order valence-corrected chi connectivity index (χ1v) is 6.00. The number of nitrogens with one attached hydrogen (secondary N) is 2. The number of hydrogen-bond acceptors (Lipinski definition) is 2. The molecule has 2 rings (SSSR count). The molecule has 1 saturated heterocycles. The van der Waals surface area contributed by atoms with Gasteiger partial charge in [-0.3, -0.25) is 0 Å². The molecule has 1 aromatic rings. The van der Waals surface area contributed by atoms with Crippen LogP contribution in [0.4, 0.5) is 10.1 Å². The molecule has 1 aromatic carbocycles. The Labute approximate surface area is 96.2 Å². The van der Waals surface area contributed by atoms with E-state index < -0.39 is 0 Å². The van der Waals surface area contributed by atoms with Gasteiger partial charge in [0.05, 0.1) is 0 Å². The normalized spacial score (nSPS) is 17.3. The van der Waals surface area contributed by atoms with Gasteiger partial charge in [0, 0.05) is 12.2 Å². The van der Waals surface area contributed by atoms with Gasteiger partial charge >= 0.3 is 0 Å². The van der Waals surface area contributed by atoms with Gasteiger partial charge in [-0.15, -0.1) is 0 Å². The van der Waals surface area contributed by atoms with E-state index in [1.165, 1.54) is 18.4 Å². The molecule has 2 N–H and O–H groups in total. The van der Waals surface area contributed by atoms with Gasteiger partial charge in [0.1, 0.15) is 6.67 Å². The molecule has 1 aliphatic rings. The van der Waals surface area contributed by atoms with Crippen LogP contribution in [0, 0.1) is 0 Å². The Kier molecular flexibility index (Phi) is 4.17. The van der Waals surface area contributed by atoms with E-state index in [0.29, 0.717) is 12.5 Å². The predicted molar refractivity (Wildman–Crippen MR) is 65.8 cm³/mol. The maximum Gasteiger partial charge on any atom is 0.107 e. The number of benzene rings is 1. The van der Waals surface area contributed by atoms with E-state index >= 15 is 0 Å². The third kappa shape index (κ3) is 2.95. The van der Waals surface area contributed by atoms with Crippen molar-refractivity contribution in [2.75, 3.05) is 31.6 Å². The van der Waals surface area contributed by atoms with Crippen LogP contribution in [0.5, 0.6) is 0 Å². The Morgan fingerprint density at radius 2 is 2.12 bits per heavy atom. The Hall–Kier alpha value is -1.09.